The molecular weight excluding hydrogens is 248 g/mol. The van der Waals surface area contributed by atoms with Crippen LogP contribution in [0, 0.1) is 0 Å². The standard InChI is InChI=1S/C13H16N2O2S/c14-13(18)15-10-7-5-9(6-8-10)12(16)17-11-3-1-2-4-11/h5-8,11H,1-4H2,(H3,14,15,18). The van der Waals surface area contributed by atoms with Gasteiger partial charge >= 0.3 is 5.97 Å². The lowest BCUT2D eigenvalue weighted by Gasteiger charge is -2.11. The third-order valence-corrected chi connectivity index (χ3v) is 3.07. The molecule has 2 rings (SSSR count). The van der Waals surface area contributed by atoms with Crippen molar-refractivity contribution < 1.29 is 9.53 Å². The molecule has 4 nitrogen and oxygen atoms in total. The zero-order chi connectivity index (χ0) is 13.0. The van der Waals surface area contributed by atoms with Crippen LogP contribution in [0.4, 0.5) is 5.69 Å². The van der Waals surface area contributed by atoms with Gasteiger partial charge in [-0.25, -0.2) is 4.79 Å². The van der Waals surface area contributed by atoms with Gasteiger partial charge < -0.3 is 15.8 Å². The number of carbonyl (C=O) groups is 1. The molecule has 1 aliphatic rings. The number of nitrogens with two attached hydrogens (primary N) is 1. The zero-order valence-electron chi connectivity index (χ0n) is 10.0. The van der Waals surface area contributed by atoms with Crippen molar-refractivity contribution >= 4 is 29.0 Å². The molecule has 3 N–H and O–H groups in total. The third kappa shape index (κ3) is 3.43. The molecule has 0 amide bonds. The molecule has 1 aromatic rings. The van der Waals surface area contributed by atoms with Crippen molar-refractivity contribution in [1.29, 1.82) is 0 Å². The molecule has 0 aliphatic heterocycles. The minimum absolute atomic E-state index is 0.0897. The van der Waals surface area contributed by atoms with Crippen molar-refractivity contribution in [3.63, 3.8) is 0 Å². The van der Waals surface area contributed by atoms with E-state index in [2.05, 4.69) is 5.32 Å². The van der Waals surface area contributed by atoms with Gasteiger partial charge in [-0.1, -0.05) is 0 Å². The maximum absolute atomic E-state index is 11.8. The van der Waals surface area contributed by atoms with Crippen LogP contribution in [0.3, 0.4) is 0 Å². The first-order chi connectivity index (χ1) is 8.65. The molecule has 1 fully saturated rings. The highest BCUT2D eigenvalue weighted by atomic mass is 32.1. The van der Waals surface area contributed by atoms with Gasteiger partial charge in [0.2, 0.25) is 0 Å². The van der Waals surface area contributed by atoms with Crippen LogP contribution in [0.15, 0.2) is 24.3 Å². The Bertz CT molecular complexity index is 439. The number of hydrogen-bond acceptors (Lipinski definition) is 3. The number of ether oxygens (including phenoxy) is 1. The van der Waals surface area contributed by atoms with E-state index in [9.17, 15) is 4.79 Å². The van der Waals surface area contributed by atoms with Crippen LogP contribution in [-0.2, 0) is 4.74 Å². The third-order valence-electron chi connectivity index (χ3n) is 2.96. The molecule has 0 spiro atoms. The van der Waals surface area contributed by atoms with Gasteiger partial charge in [0.1, 0.15) is 6.10 Å². The van der Waals surface area contributed by atoms with Crippen LogP contribution in [0.2, 0.25) is 0 Å². The van der Waals surface area contributed by atoms with Gasteiger partial charge in [-0.3, -0.25) is 0 Å². The monoisotopic (exact) mass is 264 g/mol. The molecular formula is C13H16N2O2S. The Labute approximate surface area is 112 Å². The van der Waals surface area contributed by atoms with Gasteiger partial charge in [0.15, 0.2) is 5.11 Å². The first-order valence-corrected chi connectivity index (χ1v) is 6.43. The van der Waals surface area contributed by atoms with Gasteiger partial charge in [0, 0.05) is 5.69 Å². The summed E-state index contributed by atoms with van der Waals surface area (Å²) in [5.74, 6) is -0.260. The number of nitrogens with one attached hydrogen (secondary N) is 1. The summed E-state index contributed by atoms with van der Waals surface area (Å²) in [4.78, 5) is 11.8. The average molecular weight is 264 g/mol. The highest BCUT2D eigenvalue weighted by Crippen LogP contribution is 2.22. The average Bonchev–Trinajstić information content (AvgIpc) is 2.82. The minimum Gasteiger partial charge on any atom is -0.459 e. The Kier molecular flexibility index (Phi) is 4.15. The quantitative estimate of drug-likeness (QED) is 0.648. The minimum atomic E-state index is -0.260. The summed E-state index contributed by atoms with van der Waals surface area (Å²) >= 11 is 4.73. The fraction of sp³-hybridized carbons (Fsp3) is 0.385. The van der Waals surface area contributed by atoms with E-state index < -0.39 is 0 Å². The molecule has 1 aliphatic carbocycles. The molecule has 0 aromatic heterocycles. The summed E-state index contributed by atoms with van der Waals surface area (Å²) in [6.45, 7) is 0. The molecule has 0 atom stereocenters. The summed E-state index contributed by atoms with van der Waals surface area (Å²) in [5, 5.41) is 3.01. The molecule has 1 aromatic carbocycles. The van der Waals surface area contributed by atoms with E-state index in [0.717, 1.165) is 31.4 Å². The van der Waals surface area contributed by atoms with Crippen molar-refractivity contribution in [2.45, 2.75) is 31.8 Å². The fourth-order valence-electron chi connectivity index (χ4n) is 2.06. The van der Waals surface area contributed by atoms with Gasteiger partial charge in [-0.05, 0) is 62.2 Å². The van der Waals surface area contributed by atoms with Crippen molar-refractivity contribution in [2.24, 2.45) is 5.73 Å². The van der Waals surface area contributed by atoms with Crippen LogP contribution in [0.5, 0.6) is 0 Å². The number of hydrogen-bond donors (Lipinski definition) is 2. The Hall–Kier alpha value is -1.62. The molecule has 0 radical (unpaired) electrons. The molecule has 5 heteroatoms. The lowest BCUT2D eigenvalue weighted by molar-refractivity contribution is 0.0318. The largest absolute Gasteiger partial charge is 0.459 e. The van der Waals surface area contributed by atoms with Crippen molar-refractivity contribution in [3.05, 3.63) is 29.8 Å². The molecule has 0 heterocycles. The fourth-order valence-corrected chi connectivity index (χ4v) is 2.18. The predicted octanol–water partition coefficient (Wildman–Crippen LogP) is 2.44. The molecule has 0 unspecified atom stereocenters. The lowest BCUT2D eigenvalue weighted by Crippen LogP contribution is -2.19. The van der Waals surface area contributed by atoms with Gasteiger partial charge in [0.05, 0.1) is 5.56 Å². The van der Waals surface area contributed by atoms with Gasteiger partial charge in [0.25, 0.3) is 0 Å². The molecule has 96 valence electrons. The Morgan fingerprint density at radius 2 is 1.89 bits per heavy atom. The maximum Gasteiger partial charge on any atom is 0.338 e. The number of benzene rings is 1. The van der Waals surface area contributed by atoms with Crippen LogP contribution in [0.25, 0.3) is 0 Å². The number of rotatable bonds is 3. The van der Waals surface area contributed by atoms with Crippen LogP contribution < -0.4 is 11.1 Å². The Morgan fingerprint density at radius 1 is 1.28 bits per heavy atom. The second-order valence-electron chi connectivity index (χ2n) is 4.38. The second kappa shape index (κ2) is 5.82. The highest BCUT2D eigenvalue weighted by molar-refractivity contribution is 7.80. The normalized spacial score (nSPS) is 15.3. The van der Waals surface area contributed by atoms with Crippen molar-refractivity contribution in [3.8, 4) is 0 Å². The molecule has 0 bridgehead atoms. The maximum atomic E-state index is 11.8. The summed E-state index contributed by atoms with van der Waals surface area (Å²) in [5.41, 5.74) is 6.68. The number of thiocarbonyl (C=S) groups is 1. The predicted molar refractivity (Wildman–Crippen MR) is 74.5 cm³/mol. The summed E-state index contributed by atoms with van der Waals surface area (Å²) in [7, 11) is 0. The van der Waals surface area contributed by atoms with E-state index in [0.29, 0.717) is 5.56 Å². The molecule has 1 saturated carbocycles. The van der Waals surface area contributed by atoms with Crippen LogP contribution >= 0.6 is 12.2 Å². The summed E-state index contributed by atoms with van der Waals surface area (Å²) in [6.07, 6.45) is 4.34. The van der Waals surface area contributed by atoms with E-state index >= 15 is 0 Å². The van der Waals surface area contributed by atoms with E-state index in [4.69, 9.17) is 22.7 Å². The van der Waals surface area contributed by atoms with E-state index in [1.165, 1.54) is 0 Å². The zero-order valence-corrected chi connectivity index (χ0v) is 10.8. The Balaban J connectivity index is 1.95. The van der Waals surface area contributed by atoms with Crippen LogP contribution in [0.1, 0.15) is 36.0 Å². The number of esters is 1. The van der Waals surface area contributed by atoms with Gasteiger partial charge in [-0.2, -0.15) is 0 Å². The van der Waals surface area contributed by atoms with E-state index in [1.54, 1.807) is 24.3 Å². The smallest absolute Gasteiger partial charge is 0.338 e. The highest BCUT2D eigenvalue weighted by Gasteiger charge is 2.19. The first-order valence-electron chi connectivity index (χ1n) is 6.02. The Morgan fingerprint density at radius 3 is 2.44 bits per heavy atom. The van der Waals surface area contributed by atoms with Gasteiger partial charge in [-0.15, -0.1) is 0 Å². The topological polar surface area (TPSA) is 64.3 Å². The molecule has 0 saturated heterocycles. The SMILES string of the molecule is NC(=S)Nc1ccc(C(=O)OC2CCCC2)cc1. The lowest BCUT2D eigenvalue weighted by atomic mass is 10.2. The van der Waals surface area contributed by atoms with Crippen molar-refractivity contribution in [2.75, 3.05) is 5.32 Å². The summed E-state index contributed by atoms with van der Waals surface area (Å²) in [6, 6.07) is 6.92. The first kappa shape index (κ1) is 12.8. The van der Waals surface area contributed by atoms with Crippen LogP contribution in [-0.4, -0.2) is 17.2 Å². The van der Waals surface area contributed by atoms with E-state index in [-0.39, 0.29) is 17.2 Å². The number of anilines is 1. The summed E-state index contributed by atoms with van der Waals surface area (Å²) < 4.78 is 5.41. The molecule has 18 heavy (non-hydrogen) atoms. The second-order valence-corrected chi connectivity index (χ2v) is 4.82. The number of carbonyl (C=O) groups excluding carboxylic acids is 1. The van der Waals surface area contributed by atoms with E-state index in [1.807, 2.05) is 0 Å². The van der Waals surface area contributed by atoms with Crippen molar-refractivity contribution in [1.82, 2.24) is 0 Å².